The van der Waals surface area contributed by atoms with Crippen molar-refractivity contribution in [3.05, 3.63) is 121 Å². The Kier molecular flexibility index (Phi) is 10.3. The summed E-state index contributed by atoms with van der Waals surface area (Å²) in [4.78, 5) is 0. The predicted octanol–water partition coefficient (Wildman–Crippen LogP) is 11.1. The molecule has 52 heavy (non-hydrogen) atoms. The van der Waals surface area contributed by atoms with Crippen molar-refractivity contribution in [2.24, 2.45) is 0 Å². The molecule has 4 aliphatic carbocycles. The lowest BCUT2D eigenvalue weighted by atomic mass is 10.0. The Morgan fingerprint density at radius 3 is 0.577 bits per heavy atom. The Bertz CT molecular complexity index is 1450. The van der Waals surface area contributed by atoms with Gasteiger partial charge in [0.1, 0.15) is 0 Å². The number of rotatable bonds is 8. The minimum Gasteiger partial charge on any atom is -0.0639 e. The van der Waals surface area contributed by atoms with Crippen LogP contribution >= 0.6 is 0 Å². The lowest BCUT2D eigenvalue weighted by Crippen LogP contribution is -3.19. The standard InChI is InChI=1S/C48H64Si4/c1-9-25-41(26-10-1)49(42-27-11-2-12-28-42)50(43-29-13-3-14-30-43,44-31-15-4-16-32-44)52(47-37-21-7-22-38-47,48-39-23-8-24-40-48)51(49,45-33-17-5-18-34-45)46-35-19-6-20-36-46/h1,3,5,7,9-10,13-14,17-18,21-22,25-26,29-30,33-34,37-38,42,44,46,48H,2,4,6,8,11-12,15-16,19-20,23-24,27-28,31-32,35-36,39-40H2. The molecule has 0 radical (unpaired) electrons. The zero-order valence-corrected chi connectivity index (χ0v) is 36.0. The van der Waals surface area contributed by atoms with Crippen LogP contribution in [0, 0.1) is 0 Å². The van der Waals surface area contributed by atoms with Gasteiger partial charge in [-0.15, -0.1) is 0 Å². The fourth-order valence-electron chi connectivity index (χ4n) is 15.5. The van der Waals surface area contributed by atoms with Crippen molar-refractivity contribution in [3.8, 4) is 0 Å². The van der Waals surface area contributed by atoms with Crippen molar-refractivity contribution >= 4 is 49.2 Å². The zero-order valence-electron chi connectivity index (χ0n) is 32.0. The van der Waals surface area contributed by atoms with Gasteiger partial charge in [-0.1, -0.05) is 270 Å². The normalized spacial score (nSPS) is 32.6. The van der Waals surface area contributed by atoms with Crippen LogP contribution in [0.5, 0.6) is 0 Å². The summed E-state index contributed by atoms with van der Waals surface area (Å²) in [6, 6.07) is 52.4. The van der Waals surface area contributed by atoms with E-state index in [4.69, 9.17) is 0 Å². The Hall–Kier alpha value is -2.25. The highest BCUT2D eigenvalue weighted by atomic mass is 30.2. The molecular weight excluding hydrogens is 689 g/mol. The molecule has 272 valence electrons. The van der Waals surface area contributed by atoms with Crippen molar-refractivity contribution in [1.82, 2.24) is 0 Å². The average Bonchev–Trinajstić information content (AvgIpc) is 3.24. The molecule has 1 heterocycles. The quantitative estimate of drug-likeness (QED) is 0.157. The van der Waals surface area contributed by atoms with Gasteiger partial charge in [0.2, 0.25) is 0 Å². The Balaban J connectivity index is 1.56. The first-order valence-electron chi connectivity index (χ1n) is 22.1. The van der Waals surface area contributed by atoms with Gasteiger partial charge in [-0.05, 0) is 22.2 Å². The minimum absolute atomic E-state index is 0.944. The van der Waals surface area contributed by atoms with E-state index >= 15 is 0 Å². The molecule has 0 amide bonds. The van der Waals surface area contributed by atoms with Crippen LogP contribution in [0.15, 0.2) is 121 Å². The minimum atomic E-state index is -2.30. The van der Waals surface area contributed by atoms with E-state index in [0.29, 0.717) is 0 Å². The molecule has 9 rings (SSSR count). The van der Waals surface area contributed by atoms with Gasteiger partial charge in [0.25, 0.3) is 0 Å². The van der Waals surface area contributed by atoms with Crippen molar-refractivity contribution in [2.45, 2.75) is 151 Å². The van der Waals surface area contributed by atoms with Crippen LogP contribution in [-0.4, -0.2) is 28.4 Å². The van der Waals surface area contributed by atoms with E-state index in [1.807, 2.05) is 20.7 Å². The van der Waals surface area contributed by atoms with Crippen LogP contribution in [0.2, 0.25) is 22.2 Å². The second-order valence-electron chi connectivity index (χ2n) is 18.0. The van der Waals surface area contributed by atoms with Gasteiger partial charge in [-0.25, -0.2) is 0 Å². The molecule has 0 N–H and O–H groups in total. The maximum atomic E-state index is 2.83. The molecular formula is C48H64Si4. The smallest absolute Gasteiger partial charge is 0.0639 e. The second-order valence-corrected chi connectivity index (χ2v) is 55.0. The number of hydrogen-bond donors (Lipinski definition) is 0. The third-order valence-corrected chi connectivity index (χ3v) is 102. The molecule has 0 unspecified atom stereocenters. The lowest BCUT2D eigenvalue weighted by Gasteiger charge is -2.86. The molecule has 1 aliphatic heterocycles. The van der Waals surface area contributed by atoms with E-state index in [-0.39, 0.29) is 0 Å². The molecule has 0 atom stereocenters. The van der Waals surface area contributed by atoms with Crippen LogP contribution in [-0.2, 0) is 0 Å². The summed E-state index contributed by atoms with van der Waals surface area (Å²) in [7, 11) is -9.19. The highest BCUT2D eigenvalue weighted by Crippen LogP contribution is 2.71. The fraction of sp³-hybridized carbons (Fsp3) is 0.500. The van der Waals surface area contributed by atoms with Crippen molar-refractivity contribution in [1.29, 1.82) is 0 Å². The van der Waals surface area contributed by atoms with Crippen LogP contribution in [0.4, 0.5) is 0 Å². The van der Waals surface area contributed by atoms with Gasteiger partial charge in [0.05, 0.1) is 28.4 Å². The molecule has 1 saturated heterocycles. The molecule has 5 aliphatic rings. The van der Waals surface area contributed by atoms with Crippen LogP contribution in [0.25, 0.3) is 0 Å². The SMILES string of the molecule is c1ccc([Si]2(C3CCCCC3)[Si](c3ccccc3)(C3CCCCC3)[Si](c3ccccc3)(C3CCCCC3)[Si]2(c2ccccc2)C2CCCCC2)cc1. The summed E-state index contributed by atoms with van der Waals surface area (Å²) >= 11 is 0. The molecule has 0 nitrogen and oxygen atoms in total. The van der Waals surface area contributed by atoms with E-state index in [1.165, 1.54) is 128 Å². The van der Waals surface area contributed by atoms with E-state index < -0.39 is 28.4 Å². The van der Waals surface area contributed by atoms with E-state index in [0.717, 1.165) is 22.2 Å². The third-order valence-electron chi connectivity index (χ3n) is 16.3. The largest absolute Gasteiger partial charge is 0.0842 e. The molecule has 0 aromatic heterocycles. The maximum absolute atomic E-state index is 2.83. The van der Waals surface area contributed by atoms with E-state index in [2.05, 4.69) is 121 Å². The predicted molar refractivity (Wildman–Crippen MR) is 235 cm³/mol. The van der Waals surface area contributed by atoms with Crippen LogP contribution in [0.3, 0.4) is 0 Å². The molecule has 0 bridgehead atoms. The Morgan fingerprint density at radius 1 is 0.231 bits per heavy atom. The van der Waals surface area contributed by atoms with Gasteiger partial charge in [0.15, 0.2) is 0 Å². The average molecular weight is 753 g/mol. The summed E-state index contributed by atoms with van der Waals surface area (Å²) in [6.45, 7) is 0. The Morgan fingerprint density at radius 2 is 0.404 bits per heavy atom. The van der Waals surface area contributed by atoms with Crippen LogP contribution < -0.4 is 20.7 Å². The fourth-order valence-corrected chi connectivity index (χ4v) is 160. The summed E-state index contributed by atoms with van der Waals surface area (Å²) in [5.41, 5.74) is 3.77. The molecule has 4 aromatic rings. The highest BCUT2D eigenvalue weighted by Gasteiger charge is 2.95. The first-order chi connectivity index (χ1) is 25.8. The zero-order chi connectivity index (χ0) is 34.9. The molecule has 4 heteroatoms. The van der Waals surface area contributed by atoms with Crippen molar-refractivity contribution < 1.29 is 0 Å². The van der Waals surface area contributed by atoms with Gasteiger partial charge in [0, 0.05) is 0 Å². The third kappa shape index (κ3) is 4.91. The van der Waals surface area contributed by atoms with Gasteiger partial charge >= 0.3 is 0 Å². The summed E-state index contributed by atoms with van der Waals surface area (Å²) in [5.74, 6) is 0. The molecule has 4 saturated carbocycles. The number of hydrogen-bond acceptors (Lipinski definition) is 0. The summed E-state index contributed by atoms with van der Waals surface area (Å²) in [5, 5.41) is 7.94. The van der Waals surface area contributed by atoms with E-state index in [9.17, 15) is 0 Å². The Labute approximate surface area is 319 Å². The van der Waals surface area contributed by atoms with E-state index in [1.54, 1.807) is 0 Å². The summed E-state index contributed by atoms with van der Waals surface area (Å²) in [6.07, 6.45) is 29.8. The van der Waals surface area contributed by atoms with Crippen molar-refractivity contribution in [3.63, 3.8) is 0 Å². The maximum Gasteiger partial charge on any atom is 0.0842 e. The first kappa shape index (κ1) is 35.4. The highest BCUT2D eigenvalue weighted by molar-refractivity contribution is 8.21. The van der Waals surface area contributed by atoms with Gasteiger partial charge in [-0.3, -0.25) is 0 Å². The van der Waals surface area contributed by atoms with Crippen LogP contribution in [0.1, 0.15) is 128 Å². The van der Waals surface area contributed by atoms with Gasteiger partial charge in [-0.2, -0.15) is 0 Å². The molecule has 0 spiro atoms. The molecule has 4 aromatic carbocycles. The topological polar surface area (TPSA) is 0 Å². The van der Waals surface area contributed by atoms with Crippen molar-refractivity contribution in [2.75, 3.05) is 0 Å². The summed E-state index contributed by atoms with van der Waals surface area (Å²) < 4.78 is 0. The second kappa shape index (κ2) is 15.1. The molecule has 5 fully saturated rings. The number of benzene rings is 4. The monoisotopic (exact) mass is 752 g/mol. The lowest BCUT2D eigenvalue weighted by molar-refractivity contribution is 0.477. The van der Waals surface area contributed by atoms with Gasteiger partial charge < -0.3 is 0 Å². The first-order valence-corrected chi connectivity index (χ1v) is 34.4.